The van der Waals surface area contributed by atoms with E-state index in [9.17, 15) is 18.7 Å². The molecule has 0 bridgehead atoms. The van der Waals surface area contributed by atoms with Gasteiger partial charge in [0, 0.05) is 37.0 Å². The molecule has 4 nitrogen and oxygen atoms in total. The molecule has 0 spiro atoms. The van der Waals surface area contributed by atoms with Gasteiger partial charge in [0.05, 0.1) is 6.10 Å². The van der Waals surface area contributed by atoms with Crippen molar-refractivity contribution < 1.29 is 18.7 Å². The van der Waals surface area contributed by atoms with Crippen LogP contribution >= 0.6 is 0 Å². The summed E-state index contributed by atoms with van der Waals surface area (Å²) in [6.07, 6.45) is 2.94. The summed E-state index contributed by atoms with van der Waals surface area (Å²) in [5.41, 5.74) is 0.0668. The zero-order chi connectivity index (χ0) is 17.3. The first-order valence-electron chi connectivity index (χ1n) is 8.58. The van der Waals surface area contributed by atoms with Crippen LogP contribution in [0.25, 0.3) is 0 Å². The molecule has 2 unspecified atom stereocenters. The zero-order valence-corrected chi connectivity index (χ0v) is 13.9. The molecule has 0 aromatic heterocycles. The molecule has 1 aromatic carbocycles. The smallest absolute Gasteiger partial charge is 0.317 e. The third-order valence-electron chi connectivity index (χ3n) is 5.36. The second kappa shape index (κ2) is 6.67. The summed E-state index contributed by atoms with van der Waals surface area (Å²) in [6, 6.07) is 3.47. The third kappa shape index (κ3) is 3.53. The second-order valence-corrected chi connectivity index (χ2v) is 7.15. The van der Waals surface area contributed by atoms with Crippen molar-refractivity contribution in [1.82, 2.24) is 10.2 Å². The molecule has 2 atom stereocenters. The summed E-state index contributed by atoms with van der Waals surface area (Å²) in [4.78, 5) is 14.1. The Bertz CT molecular complexity index is 617. The standard InChI is InChI=1S/C18H24F2N2O2/c1-12(23)13-3-2-8-22(10-13)17(24)21-11-18(6-7-18)15-5-4-14(19)9-16(15)20/h4-5,9,12-13,23H,2-3,6-8,10-11H2,1H3,(H,21,24). The highest BCUT2D eigenvalue weighted by atomic mass is 19.1. The van der Waals surface area contributed by atoms with E-state index in [2.05, 4.69) is 5.32 Å². The minimum atomic E-state index is -0.589. The minimum absolute atomic E-state index is 0.105. The van der Waals surface area contributed by atoms with Crippen LogP contribution in [-0.4, -0.2) is 41.8 Å². The number of benzene rings is 1. The number of carbonyl (C=O) groups excluding carboxylic acids is 1. The van der Waals surface area contributed by atoms with Crippen LogP contribution in [0.4, 0.5) is 13.6 Å². The molecule has 2 amide bonds. The van der Waals surface area contributed by atoms with Crippen molar-refractivity contribution in [2.75, 3.05) is 19.6 Å². The number of aliphatic hydroxyl groups excluding tert-OH is 1. The summed E-state index contributed by atoms with van der Waals surface area (Å²) in [5.74, 6) is -1.03. The number of likely N-dealkylation sites (tertiary alicyclic amines) is 1. The average Bonchev–Trinajstić information content (AvgIpc) is 3.33. The van der Waals surface area contributed by atoms with Crippen molar-refractivity contribution in [3.05, 3.63) is 35.4 Å². The lowest BCUT2D eigenvalue weighted by molar-refractivity contribution is 0.0738. The quantitative estimate of drug-likeness (QED) is 0.887. The molecule has 2 aliphatic rings. The molecule has 3 rings (SSSR count). The number of aliphatic hydroxyl groups is 1. The number of urea groups is 1. The second-order valence-electron chi connectivity index (χ2n) is 7.15. The molecular weight excluding hydrogens is 314 g/mol. The number of amides is 2. The van der Waals surface area contributed by atoms with Crippen molar-refractivity contribution in [3.8, 4) is 0 Å². The van der Waals surface area contributed by atoms with E-state index in [0.717, 1.165) is 31.7 Å². The lowest BCUT2D eigenvalue weighted by atomic mass is 9.93. The van der Waals surface area contributed by atoms with Gasteiger partial charge in [0.25, 0.3) is 0 Å². The number of hydrogen-bond donors (Lipinski definition) is 2. The maximum atomic E-state index is 14.0. The number of nitrogens with zero attached hydrogens (tertiary/aromatic N) is 1. The topological polar surface area (TPSA) is 52.6 Å². The number of rotatable bonds is 4. The highest BCUT2D eigenvalue weighted by Gasteiger charge is 2.46. The molecule has 1 aliphatic carbocycles. The predicted octanol–water partition coefficient (Wildman–Crippen LogP) is 2.80. The third-order valence-corrected chi connectivity index (χ3v) is 5.36. The molecule has 6 heteroatoms. The van der Waals surface area contributed by atoms with Crippen LogP contribution in [0.2, 0.25) is 0 Å². The fourth-order valence-corrected chi connectivity index (χ4v) is 3.56. The predicted molar refractivity (Wildman–Crippen MR) is 86.6 cm³/mol. The van der Waals surface area contributed by atoms with Crippen LogP contribution in [-0.2, 0) is 5.41 Å². The van der Waals surface area contributed by atoms with Gasteiger partial charge in [0.2, 0.25) is 0 Å². The van der Waals surface area contributed by atoms with Crippen molar-refractivity contribution in [3.63, 3.8) is 0 Å². The fraction of sp³-hybridized carbons (Fsp3) is 0.611. The number of hydrogen-bond acceptors (Lipinski definition) is 2. The number of halogens is 2. The molecule has 1 aliphatic heterocycles. The average molecular weight is 338 g/mol. The minimum Gasteiger partial charge on any atom is -0.393 e. The maximum Gasteiger partial charge on any atom is 0.317 e. The Hall–Kier alpha value is -1.69. The summed E-state index contributed by atoms with van der Waals surface area (Å²) in [5, 5.41) is 12.6. The first-order valence-corrected chi connectivity index (χ1v) is 8.58. The van der Waals surface area contributed by atoms with E-state index in [1.807, 2.05) is 0 Å². The van der Waals surface area contributed by atoms with E-state index in [-0.39, 0.29) is 11.9 Å². The Balaban J connectivity index is 1.60. The summed E-state index contributed by atoms with van der Waals surface area (Å²) in [6.45, 7) is 3.32. The molecule has 2 fully saturated rings. The Morgan fingerprint density at radius 2 is 2.21 bits per heavy atom. The summed E-state index contributed by atoms with van der Waals surface area (Å²) >= 11 is 0. The van der Waals surface area contributed by atoms with Gasteiger partial charge in [0.1, 0.15) is 11.6 Å². The van der Waals surface area contributed by atoms with Gasteiger partial charge in [-0.3, -0.25) is 0 Å². The Morgan fingerprint density at radius 1 is 1.46 bits per heavy atom. The van der Waals surface area contributed by atoms with Crippen molar-refractivity contribution >= 4 is 6.03 Å². The van der Waals surface area contributed by atoms with Gasteiger partial charge < -0.3 is 15.3 Å². The SMILES string of the molecule is CC(O)C1CCCN(C(=O)NCC2(c3ccc(F)cc3F)CC2)C1. The van der Waals surface area contributed by atoms with E-state index < -0.39 is 23.2 Å². The maximum absolute atomic E-state index is 14.0. The number of carbonyl (C=O) groups is 1. The van der Waals surface area contributed by atoms with Gasteiger partial charge in [-0.2, -0.15) is 0 Å². The van der Waals surface area contributed by atoms with Crippen molar-refractivity contribution in [1.29, 1.82) is 0 Å². The van der Waals surface area contributed by atoms with Gasteiger partial charge in [-0.25, -0.2) is 13.6 Å². The molecule has 2 N–H and O–H groups in total. The van der Waals surface area contributed by atoms with E-state index in [1.165, 1.54) is 12.1 Å². The van der Waals surface area contributed by atoms with Gasteiger partial charge in [0.15, 0.2) is 0 Å². The fourth-order valence-electron chi connectivity index (χ4n) is 3.56. The first-order chi connectivity index (χ1) is 11.4. The van der Waals surface area contributed by atoms with E-state index >= 15 is 0 Å². The Labute approximate surface area is 140 Å². The molecule has 1 saturated heterocycles. The monoisotopic (exact) mass is 338 g/mol. The van der Waals surface area contributed by atoms with Crippen LogP contribution in [0.3, 0.4) is 0 Å². The molecule has 1 saturated carbocycles. The Kier molecular flexibility index (Phi) is 4.76. The number of piperidine rings is 1. The van der Waals surface area contributed by atoms with Crippen molar-refractivity contribution in [2.24, 2.45) is 5.92 Å². The van der Waals surface area contributed by atoms with Crippen LogP contribution in [0, 0.1) is 17.6 Å². The highest BCUT2D eigenvalue weighted by molar-refractivity contribution is 5.74. The van der Waals surface area contributed by atoms with Crippen molar-refractivity contribution in [2.45, 2.75) is 44.1 Å². The highest BCUT2D eigenvalue weighted by Crippen LogP contribution is 2.48. The van der Waals surface area contributed by atoms with Crippen LogP contribution in [0.5, 0.6) is 0 Å². The molecule has 24 heavy (non-hydrogen) atoms. The first kappa shape index (κ1) is 17.1. The Morgan fingerprint density at radius 3 is 2.83 bits per heavy atom. The lowest BCUT2D eigenvalue weighted by Crippen LogP contribution is -2.48. The lowest BCUT2D eigenvalue weighted by Gasteiger charge is -2.34. The summed E-state index contributed by atoms with van der Waals surface area (Å²) in [7, 11) is 0. The van der Waals surface area contributed by atoms with Gasteiger partial charge in [-0.15, -0.1) is 0 Å². The van der Waals surface area contributed by atoms with Crippen LogP contribution < -0.4 is 5.32 Å². The van der Waals surface area contributed by atoms with E-state index in [1.54, 1.807) is 11.8 Å². The zero-order valence-electron chi connectivity index (χ0n) is 13.9. The normalized spacial score (nSPS) is 23.7. The number of nitrogens with one attached hydrogen (secondary N) is 1. The van der Waals surface area contributed by atoms with Crippen LogP contribution in [0.15, 0.2) is 18.2 Å². The summed E-state index contributed by atoms with van der Waals surface area (Å²) < 4.78 is 27.1. The molecule has 132 valence electrons. The molecular formula is C18H24F2N2O2. The molecule has 1 heterocycles. The van der Waals surface area contributed by atoms with Gasteiger partial charge >= 0.3 is 6.03 Å². The molecule has 1 aromatic rings. The van der Waals surface area contributed by atoms with Gasteiger partial charge in [-0.1, -0.05) is 6.07 Å². The van der Waals surface area contributed by atoms with E-state index in [4.69, 9.17) is 0 Å². The van der Waals surface area contributed by atoms with E-state index in [0.29, 0.717) is 25.2 Å². The van der Waals surface area contributed by atoms with Gasteiger partial charge in [-0.05, 0) is 44.2 Å². The van der Waals surface area contributed by atoms with Crippen LogP contribution in [0.1, 0.15) is 38.2 Å². The molecule has 0 radical (unpaired) electrons. The largest absolute Gasteiger partial charge is 0.393 e.